The highest BCUT2D eigenvalue weighted by Gasteiger charge is 2.21. The number of hydrogen-bond acceptors (Lipinski definition) is 7. The minimum atomic E-state index is -3.73. The van der Waals surface area contributed by atoms with Crippen molar-refractivity contribution in [1.29, 1.82) is 0 Å². The van der Waals surface area contributed by atoms with Gasteiger partial charge in [-0.3, -0.25) is 0 Å². The maximum Gasteiger partial charge on any atom is 0.360 e. The summed E-state index contributed by atoms with van der Waals surface area (Å²) in [6, 6.07) is 5.90. The molecule has 8 nitrogen and oxygen atoms in total. The van der Waals surface area contributed by atoms with Crippen molar-refractivity contribution in [2.24, 2.45) is 0 Å². The Kier molecular flexibility index (Phi) is 5.58. The van der Waals surface area contributed by atoms with Crippen molar-refractivity contribution in [2.45, 2.75) is 18.7 Å². The van der Waals surface area contributed by atoms with E-state index in [4.69, 9.17) is 14.0 Å². The van der Waals surface area contributed by atoms with Gasteiger partial charge in [-0.05, 0) is 25.1 Å². The van der Waals surface area contributed by atoms with Crippen LogP contribution in [0.3, 0.4) is 0 Å². The van der Waals surface area contributed by atoms with E-state index in [1.165, 1.54) is 25.3 Å². The maximum atomic E-state index is 12.3. The van der Waals surface area contributed by atoms with Gasteiger partial charge in [0, 0.05) is 18.2 Å². The van der Waals surface area contributed by atoms with Crippen LogP contribution in [-0.4, -0.2) is 39.8 Å². The SMILES string of the molecule is CCNS(=O)(=O)c1cc(-c2cc(C(=O)OCC)no2)ccc1OC. The van der Waals surface area contributed by atoms with Crippen LogP contribution in [0.1, 0.15) is 24.3 Å². The first-order valence-electron chi connectivity index (χ1n) is 7.24. The second-order valence-electron chi connectivity index (χ2n) is 4.66. The van der Waals surface area contributed by atoms with Crippen LogP contribution >= 0.6 is 0 Å². The van der Waals surface area contributed by atoms with Gasteiger partial charge in [0.05, 0.1) is 13.7 Å². The second-order valence-corrected chi connectivity index (χ2v) is 6.40. The molecule has 2 aromatic rings. The number of ether oxygens (including phenoxy) is 2. The number of sulfonamides is 1. The first kappa shape index (κ1) is 18.0. The van der Waals surface area contributed by atoms with Crippen LogP contribution in [0.4, 0.5) is 0 Å². The summed E-state index contributed by atoms with van der Waals surface area (Å²) in [7, 11) is -2.35. The second kappa shape index (κ2) is 7.45. The fourth-order valence-electron chi connectivity index (χ4n) is 2.02. The summed E-state index contributed by atoms with van der Waals surface area (Å²) in [6.07, 6.45) is 0. The van der Waals surface area contributed by atoms with Gasteiger partial charge in [0.1, 0.15) is 10.6 Å². The Balaban J connectivity index is 2.44. The maximum absolute atomic E-state index is 12.3. The van der Waals surface area contributed by atoms with E-state index in [9.17, 15) is 13.2 Å². The lowest BCUT2D eigenvalue weighted by atomic mass is 10.1. The number of aromatic nitrogens is 1. The molecular weight excluding hydrogens is 336 g/mol. The minimum absolute atomic E-state index is 0.0127. The van der Waals surface area contributed by atoms with Crippen LogP contribution in [0.2, 0.25) is 0 Å². The molecule has 1 aromatic carbocycles. The van der Waals surface area contributed by atoms with Crippen LogP contribution in [-0.2, 0) is 14.8 Å². The lowest BCUT2D eigenvalue weighted by Crippen LogP contribution is -2.23. The third kappa shape index (κ3) is 3.74. The predicted molar refractivity (Wildman–Crippen MR) is 85.3 cm³/mol. The van der Waals surface area contributed by atoms with E-state index >= 15 is 0 Å². The van der Waals surface area contributed by atoms with Gasteiger partial charge in [-0.25, -0.2) is 17.9 Å². The van der Waals surface area contributed by atoms with Crippen molar-refractivity contribution in [1.82, 2.24) is 9.88 Å². The van der Waals surface area contributed by atoms with Crippen molar-refractivity contribution in [3.63, 3.8) is 0 Å². The van der Waals surface area contributed by atoms with Crippen molar-refractivity contribution in [3.05, 3.63) is 30.0 Å². The summed E-state index contributed by atoms with van der Waals surface area (Å²) in [5, 5.41) is 3.64. The van der Waals surface area contributed by atoms with Crippen LogP contribution < -0.4 is 9.46 Å². The summed E-state index contributed by atoms with van der Waals surface area (Å²) in [5.74, 6) is -0.167. The number of esters is 1. The standard InChI is InChI=1S/C15H18N2O6S/c1-4-16-24(19,20)14-8-10(6-7-12(14)21-3)13-9-11(17-23-13)15(18)22-5-2/h6-9,16H,4-5H2,1-3H3. The first-order chi connectivity index (χ1) is 11.4. The smallest absolute Gasteiger partial charge is 0.360 e. The molecule has 2 rings (SSSR count). The number of benzene rings is 1. The van der Waals surface area contributed by atoms with Gasteiger partial charge in [-0.2, -0.15) is 0 Å². The van der Waals surface area contributed by atoms with Crippen molar-refractivity contribution >= 4 is 16.0 Å². The highest BCUT2D eigenvalue weighted by atomic mass is 32.2. The third-order valence-corrected chi connectivity index (χ3v) is 4.63. The molecule has 9 heteroatoms. The number of methoxy groups -OCH3 is 1. The Morgan fingerprint density at radius 1 is 1.29 bits per heavy atom. The van der Waals surface area contributed by atoms with E-state index < -0.39 is 16.0 Å². The Hall–Kier alpha value is -2.39. The molecule has 0 unspecified atom stereocenters. The number of nitrogens with zero attached hydrogens (tertiary/aromatic N) is 1. The lowest BCUT2D eigenvalue weighted by Gasteiger charge is -2.10. The lowest BCUT2D eigenvalue weighted by molar-refractivity contribution is 0.0514. The minimum Gasteiger partial charge on any atom is -0.495 e. The molecule has 0 saturated carbocycles. The number of carbonyl (C=O) groups excluding carboxylic acids is 1. The summed E-state index contributed by atoms with van der Waals surface area (Å²) in [6.45, 7) is 3.82. The van der Waals surface area contributed by atoms with E-state index in [0.29, 0.717) is 5.56 Å². The van der Waals surface area contributed by atoms with Gasteiger partial charge in [-0.15, -0.1) is 0 Å². The van der Waals surface area contributed by atoms with E-state index in [-0.39, 0.29) is 35.3 Å². The molecule has 0 fully saturated rings. The van der Waals surface area contributed by atoms with Gasteiger partial charge >= 0.3 is 5.97 Å². The molecule has 0 aliphatic heterocycles. The average molecular weight is 354 g/mol. The molecule has 0 saturated heterocycles. The molecule has 130 valence electrons. The highest BCUT2D eigenvalue weighted by molar-refractivity contribution is 7.89. The highest BCUT2D eigenvalue weighted by Crippen LogP contribution is 2.30. The van der Waals surface area contributed by atoms with Crippen molar-refractivity contribution in [3.8, 4) is 17.1 Å². The monoisotopic (exact) mass is 354 g/mol. The van der Waals surface area contributed by atoms with E-state index in [1.54, 1.807) is 19.9 Å². The molecule has 1 N–H and O–H groups in total. The topological polar surface area (TPSA) is 108 Å². The number of rotatable bonds is 7. The third-order valence-electron chi connectivity index (χ3n) is 3.07. The summed E-state index contributed by atoms with van der Waals surface area (Å²) in [5.41, 5.74) is 0.453. The Morgan fingerprint density at radius 3 is 2.67 bits per heavy atom. The number of hydrogen-bond donors (Lipinski definition) is 1. The van der Waals surface area contributed by atoms with Gasteiger partial charge in [0.2, 0.25) is 10.0 Å². The van der Waals surface area contributed by atoms with E-state index in [1.807, 2.05) is 0 Å². The van der Waals surface area contributed by atoms with Crippen LogP contribution in [0.15, 0.2) is 33.7 Å². The number of carbonyl (C=O) groups is 1. The molecule has 0 spiro atoms. The number of nitrogens with one attached hydrogen (secondary N) is 1. The van der Waals surface area contributed by atoms with Crippen LogP contribution in [0.5, 0.6) is 5.75 Å². The average Bonchev–Trinajstić information content (AvgIpc) is 3.04. The zero-order chi connectivity index (χ0) is 17.7. The molecule has 0 aliphatic rings. The van der Waals surface area contributed by atoms with Gasteiger partial charge in [-0.1, -0.05) is 12.1 Å². The van der Waals surface area contributed by atoms with E-state index in [0.717, 1.165) is 0 Å². The summed E-state index contributed by atoms with van der Waals surface area (Å²) >= 11 is 0. The largest absolute Gasteiger partial charge is 0.495 e. The molecule has 0 bridgehead atoms. The van der Waals surface area contributed by atoms with Crippen LogP contribution in [0.25, 0.3) is 11.3 Å². The molecule has 1 aromatic heterocycles. The van der Waals surface area contributed by atoms with Gasteiger partial charge in [0.15, 0.2) is 11.5 Å². The molecule has 0 radical (unpaired) electrons. The molecular formula is C15H18N2O6S. The Morgan fingerprint density at radius 2 is 2.04 bits per heavy atom. The quantitative estimate of drug-likeness (QED) is 0.756. The molecule has 0 atom stereocenters. The fraction of sp³-hybridized carbons (Fsp3) is 0.333. The zero-order valence-electron chi connectivity index (χ0n) is 13.5. The van der Waals surface area contributed by atoms with Crippen LogP contribution in [0, 0.1) is 0 Å². The molecule has 0 aliphatic carbocycles. The van der Waals surface area contributed by atoms with Crippen molar-refractivity contribution in [2.75, 3.05) is 20.3 Å². The first-order valence-corrected chi connectivity index (χ1v) is 8.73. The summed E-state index contributed by atoms with van der Waals surface area (Å²) in [4.78, 5) is 11.6. The summed E-state index contributed by atoms with van der Waals surface area (Å²) < 4.78 is 42.0. The van der Waals surface area contributed by atoms with E-state index in [2.05, 4.69) is 9.88 Å². The molecule has 1 heterocycles. The normalized spacial score (nSPS) is 11.3. The fourth-order valence-corrected chi connectivity index (χ4v) is 3.25. The van der Waals surface area contributed by atoms with Gasteiger partial charge < -0.3 is 14.0 Å². The molecule has 0 amide bonds. The van der Waals surface area contributed by atoms with Gasteiger partial charge in [0.25, 0.3) is 0 Å². The zero-order valence-corrected chi connectivity index (χ0v) is 14.3. The Bertz CT molecular complexity index is 828. The van der Waals surface area contributed by atoms with Crippen molar-refractivity contribution < 1.29 is 27.2 Å². The Labute approximate surface area is 139 Å². The predicted octanol–water partition coefficient (Wildman–Crippen LogP) is 1.83. The molecule has 24 heavy (non-hydrogen) atoms.